The van der Waals surface area contributed by atoms with Crippen LogP contribution >= 0.6 is 0 Å². The maximum atomic E-state index is 12.5. The normalized spacial score (nSPS) is 18.7. The first kappa shape index (κ1) is 15.8. The molecule has 0 saturated carbocycles. The number of hydrogen-bond acceptors (Lipinski definition) is 4. The number of benzene rings is 2. The highest BCUT2D eigenvalue weighted by molar-refractivity contribution is 6.52. The highest BCUT2D eigenvalue weighted by atomic mass is 16.5. The minimum atomic E-state index is -0.471. The van der Waals surface area contributed by atoms with Gasteiger partial charge < -0.3 is 4.74 Å². The largest absolute Gasteiger partial charge is 0.497 e. The molecule has 0 aromatic heterocycles. The van der Waals surface area contributed by atoms with Crippen molar-refractivity contribution in [3.05, 3.63) is 59.2 Å². The van der Waals surface area contributed by atoms with Gasteiger partial charge in [-0.15, -0.1) is 0 Å². The number of ether oxygens (including phenoxy) is 1. The summed E-state index contributed by atoms with van der Waals surface area (Å²) in [6.07, 6.45) is 2.07. The topological polar surface area (TPSA) is 49.9 Å². The minimum absolute atomic E-state index is 0.258. The molecule has 25 heavy (non-hydrogen) atoms. The van der Waals surface area contributed by atoms with Gasteiger partial charge in [0.15, 0.2) is 0 Å². The zero-order valence-corrected chi connectivity index (χ0v) is 14.4. The molecule has 1 aliphatic heterocycles. The van der Waals surface area contributed by atoms with Gasteiger partial charge in [0.2, 0.25) is 0 Å². The molecule has 5 heteroatoms. The highest BCUT2D eigenvalue weighted by Gasteiger charge is 2.38. The van der Waals surface area contributed by atoms with Gasteiger partial charge in [-0.1, -0.05) is 24.3 Å². The number of ketones is 1. The molecule has 2 aromatic rings. The standard InChI is InChI=1S/C20H20N2O3/c1-21(17-10-7-13-5-3-4-6-15(13)17)12-22-18-11-14(25-2)8-9-16(18)19(23)20(22)24/h3-6,8-9,11,17H,7,10,12H2,1-2H3/t17-/m1/s1. The number of nitrogens with zero attached hydrogens (tertiary/aromatic N) is 2. The second-order valence-electron chi connectivity index (χ2n) is 6.60. The Morgan fingerprint density at radius 3 is 2.80 bits per heavy atom. The third-order valence-corrected chi connectivity index (χ3v) is 5.18. The molecule has 0 unspecified atom stereocenters. The fraction of sp³-hybridized carbons (Fsp3) is 0.300. The third-order valence-electron chi connectivity index (χ3n) is 5.18. The summed E-state index contributed by atoms with van der Waals surface area (Å²) < 4.78 is 5.25. The molecular formula is C20H20N2O3. The van der Waals surface area contributed by atoms with Gasteiger partial charge in [-0.05, 0) is 43.1 Å². The van der Waals surface area contributed by atoms with E-state index < -0.39 is 11.7 Å². The summed E-state index contributed by atoms with van der Waals surface area (Å²) >= 11 is 0. The maximum Gasteiger partial charge on any atom is 0.300 e. The molecule has 2 aliphatic rings. The van der Waals surface area contributed by atoms with Crippen LogP contribution in [-0.4, -0.2) is 37.4 Å². The first-order valence-electron chi connectivity index (χ1n) is 8.42. The van der Waals surface area contributed by atoms with Gasteiger partial charge in [0, 0.05) is 12.1 Å². The Balaban J connectivity index is 1.61. The zero-order valence-electron chi connectivity index (χ0n) is 14.4. The molecule has 0 saturated heterocycles. The van der Waals surface area contributed by atoms with Crippen LogP contribution in [0.5, 0.6) is 5.75 Å². The first-order valence-corrected chi connectivity index (χ1v) is 8.42. The average Bonchev–Trinajstić information content (AvgIpc) is 3.17. The van der Waals surface area contributed by atoms with Crippen molar-refractivity contribution in [1.82, 2.24) is 4.90 Å². The van der Waals surface area contributed by atoms with Crippen LogP contribution < -0.4 is 9.64 Å². The van der Waals surface area contributed by atoms with E-state index in [0.717, 1.165) is 12.8 Å². The number of aryl methyl sites for hydroxylation is 1. The Labute approximate surface area is 146 Å². The quantitative estimate of drug-likeness (QED) is 0.806. The van der Waals surface area contributed by atoms with E-state index in [9.17, 15) is 9.59 Å². The minimum Gasteiger partial charge on any atom is -0.497 e. The summed E-state index contributed by atoms with van der Waals surface area (Å²) in [6, 6.07) is 13.8. The number of amides is 1. The number of fused-ring (bicyclic) bond motifs is 2. The second kappa shape index (κ2) is 6.01. The zero-order chi connectivity index (χ0) is 17.6. The molecule has 1 heterocycles. The lowest BCUT2D eigenvalue weighted by molar-refractivity contribution is -0.114. The van der Waals surface area contributed by atoms with Gasteiger partial charge >= 0.3 is 5.91 Å². The molecular weight excluding hydrogens is 316 g/mol. The Kier molecular flexibility index (Phi) is 3.81. The number of rotatable bonds is 4. The molecule has 2 aromatic carbocycles. The highest BCUT2D eigenvalue weighted by Crippen LogP contribution is 2.37. The number of hydrogen-bond donors (Lipinski definition) is 0. The van der Waals surface area contributed by atoms with Crippen molar-refractivity contribution in [3.63, 3.8) is 0 Å². The lowest BCUT2D eigenvalue weighted by Crippen LogP contribution is -2.40. The SMILES string of the molecule is COc1ccc2c(c1)N(CN(C)[C@@H]1CCc3ccccc31)C(=O)C2=O. The summed E-state index contributed by atoms with van der Waals surface area (Å²) in [6.45, 7) is 0.379. The smallest absolute Gasteiger partial charge is 0.300 e. The van der Waals surface area contributed by atoms with Crippen LogP contribution in [0.1, 0.15) is 33.9 Å². The predicted octanol–water partition coefficient (Wildman–Crippen LogP) is 2.80. The van der Waals surface area contributed by atoms with Crippen molar-refractivity contribution in [2.75, 3.05) is 25.7 Å². The van der Waals surface area contributed by atoms with Gasteiger partial charge in [-0.25, -0.2) is 0 Å². The van der Waals surface area contributed by atoms with E-state index in [0.29, 0.717) is 23.7 Å². The Morgan fingerprint density at radius 1 is 1.20 bits per heavy atom. The van der Waals surface area contributed by atoms with Crippen molar-refractivity contribution in [3.8, 4) is 5.75 Å². The number of methoxy groups -OCH3 is 1. The summed E-state index contributed by atoms with van der Waals surface area (Å²) in [5.74, 6) is -0.278. The average molecular weight is 336 g/mol. The number of Topliss-reactive ketones (excluding diaryl/α,β-unsaturated/α-hetero) is 1. The molecule has 4 rings (SSSR count). The van der Waals surface area contributed by atoms with E-state index >= 15 is 0 Å². The van der Waals surface area contributed by atoms with Crippen LogP contribution in [-0.2, 0) is 11.2 Å². The molecule has 0 radical (unpaired) electrons. The summed E-state index contributed by atoms with van der Waals surface area (Å²) in [5, 5.41) is 0. The summed E-state index contributed by atoms with van der Waals surface area (Å²) in [5.41, 5.74) is 3.76. The van der Waals surface area contributed by atoms with Crippen molar-refractivity contribution in [1.29, 1.82) is 0 Å². The lowest BCUT2D eigenvalue weighted by atomic mass is 10.1. The fourth-order valence-corrected chi connectivity index (χ4v) is 3.86. The van der Waals surface area contributed by atoms with Crippen molar-refractivity contribution in [2.45, 2.75) is 18.9 Å². The van der Waals surface area contributed by atoms with Crippen molar-refractivity contribution in [2.24, 2.45) is 0 Å². The molecule has 0 bridgehead atoms. The van der Waals surface area contributed by atoms with E-state index in [4.69, 9.17) is 4.74 Å². The number of carbonyl (C=O) groups is 2. The number of carbonyl (C=O) groups excluding carboxylic acids is 2. The third kappa shape index (κ3) is 2.51. The van der Waals surface area contributed by atoms with E-state index in [1.54, 1.807) is 30.2 Å². The Hall–Kier alpha value is -2.66. The van der Waals surface area contributed by atoms with Crippen LogP contribution in [0.2, 0.25) is 0 Å². The maximum absolute atomic E-state index is 12.5. The van der Waals surface area contributed by atoms with Crippen LogP contribution in [0.15, 0.2) is 42.5 Å². The molecule has 0 fully saturated rings. The molecule has 1 atom stereocenters. The van der Waals surface area contributed by atoms with E-state index in [1.165, 1.54) is 11.1 Å². The number of anilines is 1. The van der Waals surface area contributed by atoms with Crippen LogP contribution in [0.25, 0.3) is 0 Å². The van der Waals surface area contributed by atoms with Gasteiger partial charge in [-0.2, -0.15) is 0 Å². The first-order chi connectivity index (χ1) is 12.1. The monoisotopic (exact) mass is 336 g/mol. The van der Waals surface area contributed by atoms with Crippen LogP contribution in [0.4, 0.5) is 5.69 Å². The molecule has 0 spiro atoms. The van der Waals surface area contributed by atoms with Crippen molar-refractivity contribution < 1.29 is 14.3 Å². The lowest BCUT2D eigenvalue weighted by Gasteiger charge is -2.30. The fourth-order valence-electron chi connectivity index (χ4n) is 3.86. The molecule has 0 N–H and O–H groups in total. The second-order valence-corrected chi connectivity index (χ2v) is 6.60. The summed E-state index contributed by atoms with van der Waals surface area (Å²) in [4.78, 5) is 28.4. The molecule has 1 aliphatic carbocycles. The van der Waals surface area contributed by atoms with Crippen LogP contribution in [0.3, 0.4) is 0 Å². The Bertz CT molecular complexity index is 862. The molecule has 1 amide bonds. The molecule has 5 nitrogen and oxygen atoms in total. The summed E-state index contributed by atoms with van der Waals surface area (Å²) in [7, 11) is 3.58. The van der Waals surface area contributed by atoms with E-state index in [2.05, 4.69) is 29.2 Å². The van der Waals surface area contributed by atoms with E-state index in [-0.39, 0.29) is 6.04 Å². The van der Waals surface area contributed by atoms with Gasteiger partial charge in [-0.3, -0.25) is 19.4 Å². The predicted molar refractivity (Wildman–Crippen MR) is 94.9 cm³/mol. The van der Waals surface area contributed by atoms with Gasteiger partial charge in [0.1, 0.15) is 5.75 Å². The van der Waals surface area contributed by atoms with Crippen LogP contribution in [0, 0.1) is 0 Å². The van der Waals surface area contributed by atoms with Gasteiger partial charge in [0.05, 0.1) is 25.0 Å². The van der Waals surface area contributed by atoms with Gasteiger partial charge in [0.25, 0.3) is 5.78 Å². The van der Waals surface area contributed by atoms with Crippen molar-refractivity contribution >= 4 is 17.4 Å². The van der Waals surface area contributed by atoms with E-state index in [1.807, 2.05) is 7.05 Å². The molecule has 128 valence electrons. The Morgan fingerprint density at radius 2 is 2.00 bits per heavy atom.